The topological polar surface area (TPSA) is 49.7 Å². The van der Waals surface area contributed by atoms with Gasteiger partial charge in [0.05, 0.1) is 0 Å². The second-order valence-corrected chi connectivity index (χ2v) is 6.88. The molecular formula is C19H28O3. The van der Waals surface area contributed by atoms with Crippen LogP contribution in [0.3, 0.4) is 0 Å². The molecule has 0 aliphatic heterocycles. The summed E-state index contributed by atoms with van der Waals surface area (Å²) >= 11 is 0. The van der Waals surface area contributed by atoms with Crippen LogP contribution in [0.5, 0.6) is 17.2 Å². The second kappa shape index (κ2) is 6.64. The fourth-order valence-corrected chi connectivity index (χ4v) is 3.25. The van der Waals surface area contributed by atoms with E-state index in [2.05, 4.69) is 27.4 Å². The summed E-state index contributed by atoms with van der Waals surface area (Å²) in [7, 11) is 0. The number of phenolic OH excluding ortho intramolecular Hbond substituents is 2. The molecular weight excluding hydrogens is 276 g/mol. The van der Waals surface area contributed by atoms with Crippen molar-refractivity contribution in [2.45, 2.75) is 64.9 Å². The third-order valence-electron chi connectivity index (χ3n) is 4.75. The molecule has 0 spiro atoms. The first-order valence-corrected chi connectivity index (χ1v) is 8.24. The van der Waals surface area contributed by atoms with E-state index in [1.54, 1.807) is 6.07 Å². The molecule has 0 radical (unpaired) electrons. The molecule has 0 aromatic heterocycles. The predicted molar refractivity (Wildman–Crippen MR) is 89.6 cm³/mol. The molecule has 0 amide bonds. The van der Waals surface area contributed by atoms with E-state index >= 15 is 0 Å². The van der Waals surface area contributed by atoms with E-state index in [-0.39, 0.29) is 17.1 Å². The predicted octanol–water partition coefficient (Wildman–Crippen LogP) is 4.95. The molecule has 0 unspecified atom stereocenters. The quantitative estimate of drug-likeness (QED) is 0.597. The lowest BCUT2D eigenvalue weighted by molar-refractivity contribution is 0.0350. The van der Waals surface area contributed by atoms with Gasteiger partial charge < -0.3 is 14.9 Å². The molecule has 2 rings (SSSR count). The zero-order valence-electron chi connectivity index (χ0n) is 14.0. The number of ether oxygens (including phenoxy) is 1. The van der Waals surface area contributed by atoms with Gasteiger partial charge in [-0.1, -0.05) is 25.5 Å². The SMILES string of the molecule is C=C(C)C1CCC(C)(Oc2cc(CCC)cc(O)c2O)CC1. The minimum atomic E-state index is -0.291. The Bertz CT molecular complexity index is 540. The average molecular weight is 304 g/mol. The monoisotopic (exact) mass is 304 g/mol. The largest absolute Gasteiger partial charge is 0.504 e. The molecule has 22 heavy (non-hydrogen) atoms. The Morgan fingerprint density at radius 2 is 1.95 bits per heavy atom. The molecule has 3 nitrogen and oxygen atoms in total. The van der Waals surface area contributed by atoms with Gasteiger partial charge in [0.25, 0.3) is 0 Å². The van der Waals surface area contributed by atoms with Crippen molar-refractivity contribution in [2.24, 2.45) is 5.92 Å². The Balaban J connectivity index is 2.14. The molecule has 1 fully saturated rings. The summed E-state index contributed by atoms with van der Waals surface area (Å²) in [5.41, 5.74) is 1.94. The van der Waals surface area contributed by atoms with Crippen LogP contribution < -0.4 is 4.74 Å². The fourth-order valence-electron chi connectivity index (χ4n) is 3.25. The molecule has 0 heterocycles. The van der Waals surface area contributed by atoms with Crippen molar-refractivity contribution < 1.29 is 14.9 Å². The molecule has 1 aromatic carbocycles. The minimum Gasteiger partial charge on any atom is -0.504 e. The van der Waals surface area contributed by atoms with Crippen molar-refractivity contribution in [3.8, 4) is 17.2 Å². The molecule has 0 bridgehead atoms. The maximum absolute atomic E-state index is 10.1. The zero-order chi connectivity index (χ0) is 16.3. The van der Waals surface area contributed by atoms with Crippen molar-refractivity contribution in [3.05, 3.63) is 29.8 Å². The normalized spacial score (nSPS) is 25.0. The highest BCUT2D eigenvalue weighted by molar-refractivity contribution is 5.52. The van der Waals surface area contributed by atoms with Crippen molar-refractivity contribution in [3.63, 3.8) is 0 Å². The van der Waals surface area contributed by atoms with E-state index in [9.17, 15) is 10.2 Å². The Morgan fingerprint density at radius 1 is 1.32 bits per heavy atom. The van der Waals surface area contributed by atoms with Crippen LogP contribution in [0.25, 0.3) is 0 Å². The lowest BCUT2D eigenvalue weighted by atomic mass is 9.77. The summed E-state index contributed by atoms with van der Waals surface area (Å²) in [6, 6.07) is 3.47. The van der Waals surface area contributed by atoms with Crippen LogP contribution in [0.1, 0.15) is 58.4 Å². The average Bonchev–Trinajstić information content (AvgIpc) is 2.45. The second-order valence-electron chi connectivity index (χ2n) is 6.88. The lowest BCUT2D eigenvalue weighted by Gasteiger charge is -2.38. The highest BCUT2D eigenvalue weighted by Crippen LogP contribution is 2.43. The van der Waals surface area contributed by atoms with Crippen molar-refractivity contribution in [1.29, 1.82) is 0 Å². The molecule has 0 saturated heterocycles. The third kappa shape index (κ3) is 3.76. The van der Waals surface area contributed by atoms with Crippen LogP contribution in [0.15, 0.2) is 24.3 Å². The molecule has 3 heteroatoms. The van der Waals surface area contributed by atoms with E-state index in [0.29, 0.717) is 11.7 Å². The molecule has 0 atom stereocenters. The van der Waals surface area contributed by atoms with Crippen molar-refractivity contribution in [2.75, 3.05) is 0 Å². The summed E-state index contributed by atoms with van der Waals surface area (Å²) in [4.78, 5) is 0. The first kappa shape index (κ1) is 16.7. The van der Waals surface area contributed by atoms with E-state index in [0.717, 1.165) is 44.1 Å². The summed E-state index contributed by atoms with van der Waals surface area (Å²) in [5.74, 6) is 0.730. The summed E-state index contributed by atoms with van der Waals surface area (Å²) < 4.78 is 6.13. The van der Waals surface area contributed by atoms with Crippen LogP contribution in [0.2, 0.25) is 0 Å². The number of phenols is 2. The molecule has 1 saturated carbocycles. The van der Waals surface area contributed by atoms with Gasteiger partial charge in [-0.25, -0.2) is 0 Å². The molecule has 122 valence electrons. The molecule has 2 N–H and O–H groups in total. The summed E-state index contributed by atoms with van der Waals surface area (Å²) in [5, 5.41) is 20.0. The van der Waals surface area contributed by atoms with E-state index in [4.69, 9.17) is 4.74 Å². The standard InChI is InChI=1S/C19H28O3/c1-5-6-14-11-16(20)18(21)17(12-14)22-19(4)9-7-15(8-10-19)13(2)3/h11-12,15,20-21H,2,5-10H2,1,3-4H3. The summed E-state index contributed by atoms with van der Waals surface area (Å²) in [6.07, 6.45) is 5.84. The lowest BCUT2D eigenvalue weighted by Crippen LogP contribution is -2.37. The van der Waals surface area contributed by atoms with E-state index in [1.807, 2.05) is 6.07 Å². The van der Waals surface area contributed by atoms with Gasteiger partial charge in [0, 0.05) is 0 Å². The number of allylic oxidation sites excluding steroid dienone is 1. The Labute approximate surface area is 133 Å². The van der Waals surface area contributed by atoms with Gasteiger partial charge >= 0.3 is 0 Å². The van der Waals surface area contributed by atoms with Gasteiger partial charge in [-0.05, 0) is 69.6 Å². The van der Waals surface area contributed by atoms with Gasteiger partial charge in [-0.3, -0.25) is 0 Å². The van der Waals surface area contributed by atoms with Crippen LogP contribution in [0, 0.1) is 5.92 Å². The number of hydrogen-bond donors (Lipinski definition) is 2. The van der Waals surface area contributed by atoms with Crippen LogP contribution >= 0.6 is 0 Å². The first-order valence-electron chi connectivity index (χ1n) is 8.24. The summed E-state index contributed by atoms with van der Waals surface area (Å²) in [6.45, 7) is 10.3. The number of benzene rings is 1. The van der Waals surface area contributed by atoms with Crippen molar-refractivity contribution >= 4 is 0 Å². The van der Waals surface area contributed by atoms with Gasteiger partial charge in [-0.2, -0.15) is 0 Å². The molecule has 1 aliphatic carbocycles. The Morgan fingerprint density at radius 3 is 2.50 bits per heavy atom. The number of aromatic hydroxyl groups is 2. The first-order chi connectivity index (χ1) is 10.3. The zero-order valence-corrected chi connectivity index (χ0v) is 14.0. The fraction of sp³-hybridized carbons (Fsp3) is 0.579. The minimum absolute atomic E-state index is 0.0971. The number of rotatable bonds is 5. The van der Waals surface area contributed by atoms with Gasteiger partial charge in [0.1, 0.15) is 5.60 Å². The Kier molecular flexibility index (Phi) is 5.05. The number of aryl methyl sites for hydroxylation is 1. The van der Waals surface area contributed by atoms with E-state index < -0.39 is 0 Å². The van der Waals surface area contributed by atoms with Gasteiger partial charge in [-0.15, -0.1) is 0 Å². The highest BCUT2D eigenvalue weighted by Gasteiger charge is 2.34. The van der Waals surface area contributed by atoms with Crippen molar-refractivity contribution in [1.82, 2.24) is 0 Å². The highest BCUT2D eigenvalue weighted by atomic mass is 16.5. The Hall–Kier alpha value is -1.64. The van der Waals surface area contributed by atoms with E-state index in [1.165, 1.54) is 5.57 Å². The maximum atomic E-state index is 10.1. The maximum Gasteiger partial charge on any atom is 0.200 e. The van der Waals surface area contributed by atoms with Crippen LogP contribution in [0.4, 0.5) is 0 Å². The molecule has 1 aromatic rings. The smallest absolute Gasteiger partial charge is 0.200 e. The van der Waals surface area contributed by atoms with Gasteiger partial charge in [0.15, 0.2) is 11.5 Å². The third-order valence-corrected chi connectivity index (χ3v) is 4.75. The van der Waals surface area contributed by atoms with Crippen LogP contribution in [-0.4, -0.2) is 15.8 Å². The molecule has 1 aliphatic rings. The van der Waals surface area contributed by atoms with Crippen LogP contribution in [-0.2, 0) is 6.42 Å². The van der Waals surface area contributed by atoms with Gasteiger partial charge in [0.2, 0.25) is 5.75 Å². The number of hydrogen-bond acceptors (Lipinski definition) is 3.